The van der Waals surface area contributed by atoms with E-state index in [0.717, 1.165) is 0 Å². The first kappa shape index (κ1) is 12.2. The third-order valence-electron chi connectivity index (χ3n) is 1.90. The van der Waals surface area contributed by atoms with Gasteiger partial charge in [0.1, 0.15) is 17.7 Å². The molecule has 6 nitrogen and oxygen atoms in total. The number of hydrogen-bond acceptors (Lipinski definition) is 6. The van der Waals surface area contributed by atoms with Gasteiger partial charge in [0.25, 0.3) is 0 Å². The van der Waals surface area contributed by atoms with Crippen molar-refractivity contribution in [3.05, 3.63) is 12.4 Å². The minimum absolute atomic E-state index is 0.306. The molecule has 6 heteroatoms. The second-order valence-corrected chi connectivity index (χ2v) is 3.16. The number of ether oxygens (including phenoxy) is 1. The van der Waals surface area contributed by atoms with Crippen molar-refractivity contribution in [3.63, 3.8) is 0 Å². The Morgan fingerprint density at radius 1 is 1.50 bits per heavy atom. The standard InChI is InChI=1S/C10H16N4O2/c1-4-16-10(15)7(2)13-9-6-12-5-8(11-3)14-9/h5-7H,4H2,1-3H3,(H2,11,13,14). The van der Waals surface area contributed by atoms with Crippen LogP contribution in [0, 0.1) is 0 Å². The van der Waals surface area contributed by atoms with Gasteiger partial charge in [0.15, 0.2) is 0 Å². The SMILES string of the molecule is CCOC(=O)C(C)Nc1cncc(NC)n1. The number of hydrogen-bond donors (Lipinski definition) is 2. The van der Waals surface area contributed by atoms with E-state index >= 15 is 0 Å². The van der Waals surface area contributed by atoms with Gasteiger partial charge in [0.05, 0.1) is 19.0 Å². The van der Waals surface area contributed by atoms with E-state index in [1.165, 1.54) is 0 Å². The van der Waals surface area contributed by atoms with E-state index < -0.39 is 6.04 Å². The first-order valence-corrected chi connectivity index (χ1v) is 5.10. The monoisotopic (exact) mass is 224 g/mol. The summed E-state index contributed by atoms with van der Waals surface area (Å²) in [6, 6.07) is -0.443. The van der Waals surface area contributed by atoms with Crippen LogP contribution in [0.25, 0.3) is 0 Å². The van der Waals surface area contributed by atoms with Crippen molar-refractivity contribution >= 4 is 17.6 Å². The smallest absolute Gasteiger partial charge is 0.328 e. The van der Waals surface area contributed by atoms with Crippen molar-refractivity contribution < 1.29 is 9.53 Å². The van der Waals surface area contributed by atoms with Crippen molar-refractivity contribution in [2.75, 3.05) is 24.3 Å². The molecule has 0 aliphatic heterocycles. The van der Waals surface area contributed by atoms with Crippen LogP contribution in [0.4, 0.5) is 11.6 Å². The molecule has 1 heterocycles. The lowest BCUT2D eigenvalue weighted by Gasteiger charge is -2.13. The zero-order valence-electron chi connectivity index (χ0n) is 9.65. The van der Waals surface area contributed by atoms with Crippen molar-refractivity contribution in [1.82, 2.24) is 9.97 Å². The molecule has 0 spiro atoms. The molecule has 0 bridgehead atoms. The molecule has 1 rings (SSSR count). The largest absolute Gasteiger partial charge is 0.464 e. The van der Waals surface area contributed by atoms with E-state index in [0.29, 0.717) is 18.2 Å². The van der Waals surface area contributed by atoms with Crippen LogP contribution in [0.3, 0.4) is 0 Å². The zero-order chi connectivity index (χ0) is 12.0. The topological polar surface area (TPSA) is 76.1 Å². The summed E-state index contributed by atoms with van der Waals surface area (Å²) < 4.78 is 4.87. The minimum atomic E-state index is -0.443. The van der Waals surface area contributed by atoms with Gasteiger partial charge < -0.3 is 15.4 Å². The summed E-state index contributed by atoms with van der Waals surface area (Å²) in [5, 5.41) is 5.78. The summed E-state index contributed by atoms with van der Waals surface area (Å²) in [5.74, 6) is 0.868. The molecule has 1 atom stereocenters. The van der Waals surface area contributed by atoms with E-state index in [2.05, 4.69) is 20.6 Å². The fraction of sp³-hybridized carbons (Fsp3) is 0.500. The molecule has 2 N–H and O–H groups in total. The van der Waals surface area contributed by atoms with Gasteiger partial charge in [0, 0.05) is 7.05 Å². The summed E-state index contributed by atoms with van der Waals surface area (Å²) in [4.78, 5) is 19.5. The van der Waals surface area contributed by atoms with Gasteiger partial charge in [-0.25, -0.2) is 9.78 Å². The Hall–Kier alpha value is -1.85. The van der Waals surface area contributed by atoms with Crippen LogP contribution in [-0.4, -0.2) is 35.6 Å². The molecule has 0 radical (unpaired) electrons. The quantitative estimate of drug-likeness (QED) is 0.723. The van der Waals surface area contributed by atoms with Crippen LogP contribution in [0.1, 0.15) is 13.8 Å². The van der Waals surface area contributed by atoms with Gasteiger partial charge in [-0.1, -0.05) is 0 Å². The fourth-order valence-electron chi connectivity index (χ4n) is 1.10. The molecule has 0 aliphatic carbocycles. The number of aromatic nitrogens is 2. The van der Waals surface area contributed by atoms with Crippen molar-refractivity contribution in [2.24, 2.45) is 0 Å². The maximum atomic E-state index is 11.4. The lowest BCUT2D eigenvalue weighted by atomic mass is 10.3. The lowest BCUT2D eigenvalue weighted by Crippen LogP contribution is -2.28. The Labute approximate surface area is 94.4 Å². The van der Waals surface area contributed by atoms with Gasteiger partial charge in [-0.3, -0.25) is 4.98 Å². The van der Waals surface area contributed by atoms with E-state index in [4.69, 9.17) is 4.74 Å². The number of rotatable bonds is 5. The van der Waals surface area contributed by atoms with Crippen LogP contribution in [0.2, 0.25) is 0 Å². The number of esters is 1. The van der Waals surface area contributed by atoms with Crippen molar-refractivity contribution in [2.45, 2.75) is 19.9 Å². The van der Waals surface area contributed by atoms with E-state index in [9.17, 15) is 4.79 Å². The third kappa shape index (κ3) is 3.38. The summed E-state index contributed by atoms with van der Waals surface area (Å²) in [6.07, 6.45) is 3.15. The second kappa shape index (κ2) is 5.89. The molecule has 1 aromatic heterocycles. The summed E-state index contributed by atoms with van der Waals surface area (Å²) in [6.45, 7) is 3.85. The van der Waals surface area contributed by atoms with Gasteiger partial charge in [-0.05, 0) is 13.8 Å². The van der Waals surface area contributed by atoms with Gasteiger partial charge in [0.2, 0.25) is 0 Å². The van der Waals surface area contributed by atoms with E-state index in [1.807, 2.05) is 0 Å². The second-order valence-electron chi connectivity index (χ2n) is 3.16. The number of nitrogens with one attached hydrogen (secondary N) is 2. The maximum absolute atomic E-state index is 11.4. The van der Waals surface area contributed by atoms with Gasteiger partial charge >= 0.3 is 5.97 Å². The number of carbonyl (C=O) groups is 1. The van der Waals surface area contributed by atoms with Gasteiger partial charge in [-0.2, -0.15) is 0 Å². The highest BCUT2D eigenvalue weighted by Crippen LogP contribution is 2.07. The highest BCUT2D eigenvalue weighted by atomic mass is 16.5. The Kier molecular flexibility index (Phi) is 4.50. The average Bonchev–Trinajstić information content (AvgIpc) is 2.29. The normalized spacial score (nSPS) is 11.7. The molecule has 0 saturated carbocycles. The number of carbonyl (C=O) groups excluding carboxylic acids is 1. The first-order valence-electron chi connectivity index (χ1n) is 5.10. The molecule has 88 valence electrons. The number of anilines is 2. The zero-order valence-corrected chi connectivity index (χ0v) is 9.65. The first-order chi connectivity index (χ1) is 7.67. The molecular weight excluding hydrogens is 208 g/mol. The Balaban J connectivity index is 2.61. The molecule has 0 amide bonds. The Bertz CT molecular complexity index is 356. The molecule has 16 heavy (non-hydrogen) atoms. The molecule has 0 fully saturated rings. The van der Waals surface area contributed by atoms with Crippen molar-refractivity contribution in [3.8, 4) is 0 Å². The Morgan fingerprint density at radius 3 is 2.81 bits per heavy atom. The maximum Gasteiger partial charge on any atom is 0.328 e. The van der Waals surface area contributed by atoms with E-state index in [-0.39, 0.29) is 5.97 Å². The summed E-state index contributed by atoms with van der Waals surface area (Å²) in [7, 11) is 1.75. The molecule has 0 aromatic carbocycles. The third-order valence-corrected chi connectivity index (χ3v) is 1.90. The minimum Gasteiger partial charge on any atom is -0.464 e. The summed E-state index contributed by atoms with van der Waals surface area (Å²) >= 11 is 0. The average molecular weight is 224 g/mol. The molecule has 1 aromatic rings. The van der Waals surface area contributed by atoms with Crippen molar-refractivity contribution in [1.29, 1.82) is 0 Å². The molecular formula is C10H16N4O2. The van der Waals surface area contributed by atoms with Crippen LogP contribution < -0.4 is 10.6 Å². The predicted molar refractivity (Wildman–Crippen MR) is 61.3 cm³/mol. The van der Waals surface area contributed by atoms with E-state index in [1.54, 1.807) is 33.3 Å². The van der Waals surface area contributed by atoms with Crippen LogP contribution in [0.5, 0.6) is 0 Å². The highest BCUT2D eigenvalue weighted by Gasteiger charge is 2.13. The Morgan fingerprint density at radius 2 is 2.19 bits per heavy atom. The predicted octanol–water partition coefficient (Wildman–Crippen LogP) is 0.882. The number of nitrogens with zero attached hydrogens (tertiary/aromatic N) is 2. The molecule has 1 unspecified atom stereocenters. The lowest BCUT2D eigenvalue weighted by molar-refractivity contribution is -0.143. The van der Waals surface area contributed by atoms with Gasteiger partial charge in [-0.15, -0.1) is 0 Å². The van der Waals surface area contributed by atoms with Crippen LogP contribution in [-0.2, 0) is 9.53 Å². The van der Waals surface area contributed by atoms with Crippen LogP contribution >= 0.6 is 0 Å². The molecule has 0 aliphatic rings. The molecule has 0 saturated heterocycles. The highest BCUT2D eigenvalue weighted by molar-refractivity contribution is 5.78. The summed E-state index contributed by atoms with van der Waals surface area (Å²) in [5.41, 5.74) is 0. The van der Waals surface area contributed by atoms with Crippen LogP contribution in [0.15, 0.2) is 12.4 Å². The fourth-order valence-corrected chi connectivity index (χ4v) is 1.10.